The molecule has 6 nitrogen and oxygen atoms in total. The summed E-state index contributed by atoms with van der Waals surface area (Å²) in [5.41, 5.74) is 3.09. The van der Waals surface area contributed by atoms with Crippen molar-refractivity contribution in [2.24, 2.45) is 4.99 Å². The molecule has 0 spiro atoms. The summed E-state index contributed by atoms with van der Waals surface area (Å²) < 4.78 is 21.6. The highest BCUT2D eigenvalue weighted by Gasteiger charge is 2.16. The minimum absolute atomic E-state index is 0.669. The van der Waals surface area contributed by atoms with Gasteiger partial charge in [0.15, 0.2) is 5.17 Å². The van der Waals surface area contributed by atoms with Crippen LogP contribution >= 0.6 is 11.8 Å². The molecule has 180 valence electrons. The quantitative estimate of drug-likeness (QED) is 0.256. The Morgan fingerprint density at radius 3 is 1.65 bits per heavy atom. The Morgan fingerprint density at radius 2 is 1.21 bits per heavy atom. The second-order valence-electron chi connectivity index (χ2n) is 7.42. The number of methoxy groups -OCH3 is 4. The predicted octanol–water partition coefficient (Wildman–Crippen LogP) is 6.16. The first-order chi connectivity index (χ1) is 16.6. The number of rotatable bonds is 10. The Balaban J connectivity index is 1.99. The van der Waals surface area contributed by atoms with E-state index in [1.807, 2.05) is 42.5 Å². The maximum atomic E-state index is 5.59. The average Bonchev–Trinajstić information content (AvgIpc) is 2.89. The van der Waals surface area contributed by atoms with Crippen molar-refractivity contribution in [2.75, 3.05) is 34.2 Å². The van der Waals surface area contributed by atoms with Gasteiger partial charge in [0.05, 0.1) is 28.4 Å². The fourth-order valence-electron chi connectivity index (χ4n) is 3.40. The van der Waals surface area contributed by atoms with Gasteiger partial charge < -0.3 is 23.8 Å². The van der Waals surface area contributed by atoms with Crippen molar-refractivity contribution in [1.29, 1.82) is 0 Å². The summed E-state index contributed by atoms with van der Waals surface area (Å²) in [5.74, 6) is 3.96. The Labute approximate surface area is 206 Å². The number of hydrogen-bond acceptors (Lipinski definition) is 6. The molecular formula is C27H32N2O4S. The van der Waals surface area contributed by atoms with Gasteiger partial charge in [-0.3, -0.25) is 0 Å². The van der Waals surface area contributed by atoms with Crippen molar-refractivity contribution in [1.82, 2.24) is 4.90 Å². The number of aliphatic imine (C=N–C) groups is 1. The molecule has 7 heteroatoms. The SMILES string of the molecule is CCSC(=Nc1ccc(OC)cc1OC)N(Cc1ccc(OC)cc1)Cc1ccc(OC)cc1. The summed E-state index contributed by atoms with van der Waals surface area (Å²) in [6.07, 6.45) is 0. The Morgan fingerprint density at radius 1 is 0.706 bits per heavy atom. The zero-order valence-corrected chi connectivity index (χ0v) is 21.2. The van der Waals surface area contributed by atoms with Crippen molar-refractivity contribution < 1.29 is 18.9 Å². The second-order valence-corrected chi connectivity index (χ2v) is 8.65. The first-order valence-electron chi connectivity index (χ1n) is 11.0. The third kappa shape index (κ3) is 6.84. The lowest BCUT2D eigenvalue weighted by molar-refractivity contribution is 0.394. The van der Waals surface area contributed by atoms with Crippen LogP contribution in [0.25, 0.3) is 0 Å². The molecule has 0 amide bonds. The number of nitrogens with zero attached hydrogens (tertiary/aromatic N) is 2. The number of amidine groups is 1. The fourth-order valence-corrected chi connectivity index (χ4v) is 4.13. The van der Waals surface area contributed by atoms with E-state index in [-0.39, 0.29) is 0 Å². The highest BCUT2D eigenvalue weighted by molar-refractivity contribution is 8.13. The first-order valence-corrected chi connectivity index (χ1v) is 12.0. The Kier molecular flexibility index (Phi) is 9.52. The van der Waals surface area contributed by atoms with E-state index in [0.29, 0.717) is 18.8 Å². The van der Waals surface area contributed by atoms with E-state index in [1.165, 1.54) is 11.1 Å². The molecule has 0 unspecified atom stereocenters. The van der Waals surface area contributed by atoms with Gasteiger partial charge in [0, 0.05) is 19.2 Å². The predicted molar refractivity (Wildman–Crippen MR) is 140 cm³/mol. The van der Waals surface area contributed by atoms with E-state index >= 15 is 0 Å². The van der Waals surface area contributed by atoms with Gasteiger partial charge in [0.1, 0.15) is 28.7 Å². The topological polar surface area (TPSA) is 52.5 Å². The second kappa shape index (κ2) is 12.8. The molecule has 0 bridgehead atoms. The van der Waals surface area contributed by atoms with Crippen molar-refractivity contribution >= 4 is 22.6 Å². The number of hydrogen-bond donors (Lipinski definition) is 0. The van der Waals surface area contributed by atoms with Crippen LogP contribution in [0, 0.1) is 0 Å². The molecule has 34 heavy (non-hydrogen) atoms. The lowest BCUT2D eigenvalue weighted by Crippen LogP contribution is -2.28. The van der Waals surface area contributed by atoms with Crippen molar-refractivity contribution in [3.05, 3.63) is 77.9 Å². The smallest absolute Gasteiger partial charge is 0.165 e. The van der Waals surface area contributed by atoms with E-state index in [0.717, 1.165) is 33.9 Å². The molecule has 0 aliphatic carbocycles. The van der Waals surface area contributed by atoms with Crippen molar-refractivity contribution in [3.63, 3.8) is 0 Å². The van der Waals surface area contributed by atoms with Crippen molar-refractivity contribution in [2.45, 2.75) is 20.0 Å². The van der Waals surface area contributed by atoms with Crippen LogP contribution in [0.3, 0.4) is 0 Å². The van der Waals surface area contributed by atoms with Gasteiger partial charge in [-0.15, -0.1) is 0 Å². The zero-order chi connectivity index (χ0) is 24.3. The fraction of sp³-hybridized carbons (Fsp3) is 0.296. The molecule has 0 saturated carbocycles. The molecule has 0 radical (unpaired) electrons. The molecule has 0 heterocycles. The summed E-state index contributed by atoms with van der Waals surface area (Å²) in [5, 5.41) is 0.914. The third-order valence-corrected chi connectivity index (χ3v) is 6.11. The molecule has 3 aromatic carbocycles. The van der Waals surface area contributed by atoms with Crippen LogP contribution < -0.4 is 18.9 Å². The van der Waals surface area contributed by atoms with Crippen LogP contribution in [0.1, 0.15) is 18.1 Å². The molecule has 0 aromatic heterocycles. The highest BCUT2D eigenvalue weighted by atomic mass is 32.2. The minimum atomic E-state index is 0.669. The first kappa shape index (κ1) is 25.3. The van der Waals surface area contributed by atoms with Crippen molar-refractivity contribution in [3.8, 4) is 23.0 Å². The van der Waals surface area contributed by atoms with E-state index in [1.54, 1.807) is 40.2 Å². The van der Waals surface area contributed by atoms with Gasteiger partial charge in [-0.25, -0.2) is 4.99 Å². The van der Waals surface area contributed by atoms with E-state index in [9.17, 15) is 0 Å². The normalized spacial score (nSPS) is 11.1. The van der Waals surface area contributed by atoms with Crippen LogP contribution in [-0.4, -0.2) is 44.3 Å². The van der Waals surface area contributed by atoms with Gasteiger partial charge in [-0.05, 0) is 53.3 Å². The number of ether oxygens (including phenoxy) is 4. The van der Waals surface area contributed by atoms with Crippen LogP contribution in [0.2, 0.25) is 0 Å². The maximum Gasteiger partial charge on any atom is 0.165 e. The van der Waals surface area contributed by atoms with Crippen LogP contribution in [0.5, 0.6) is 23.0 Å². The largest absolute Gasteiger partial charge is 0.497 e. The van der Waals surface area contributed by atoms with E-state index in [2.05, 4.69) is 36.1 Å². The summed E-state index contributed by atoms with van der Waals surface area (Å²) >= 11 is 1.70. The molecule has 0 aliphatic rings. The summed E-state index contributed by atoms with van der Waals surface area (Å²) in [7, 11) is 6.64. The molecule has 3 rings (SSSR count). The summed E-state index contributed by atoms with van der Waals surface area (Å²) in [4.78, 5) is 7.31. The molecule has 0 aliphatic heterocycles. The van der Waals surface area contributed by atoms with Crippen LogP contribution in [0.4, 0.5) is 5.69 Å². The van der Waals surface area contributed by atoms with Gasteiger partial charge in [0.2, 0.25) is 0 Å². The maximum absolute atomic E-state index is 5.59. The zero-order valence-electron chi connectivity index (χ0n) is 20.4. The van der Waals surface area contributed by atoms with Crippen LogP contribution in [0.15, 0.2) is 71.7 Å². The van der Waals surface area contributed by atoms with Gasteiger partial charge in [0.25, 0.3) is 0 Å². The highest BCUT2D eigenvalue weighted by Crippen LogP contribution is 2.33. The van der Waals surface area contributed by atoms with E-state index < -0.39 is 0 Å². The lowest BCUT2D eigenvalue weighted by atomic mass is 10.1. The number of benzene rings is 3. The lowest BCUT2D eigenvalue weighted by Gasteiger charge is -2.26. The minimum Gasteiger partial charge on any atom is -0.497 e. The summed E-state index contributed by atoms with van der Waals surface area (Å²) in [6, 6.07) is 21.9. The number of thioether (sulfide) groups is 1. The molecule has 0 atom stereocenters. The van der Waals surface area contributed by atoms with Gasteiger partial charge in [-0.1, -0.05) is 43.0 Å². The average molecular weight is 481 g/mol. The molecule has 0 saturated heterocycles. The molecule has 3 aromatic rings. The van der Waals surface area contributed by atoms with Gasteiger partial charge in [-0.2, -0.15) is 0 Å². The standard InChI is InChI=1S/C27H32N2O4S/c1-6-34-27(28-25-16-15-24(32-4)17-26(25)33-5)29(18-20-7-11-22(30-2)12-8-20)19-21-9-13-23(31-3)14-10-21/h7-17H,6,18-19H2,1-5H3. The monoisotopic (exact) mass is 480 g/mol. The summed E-state index contributed by atoms with van der Waals surface area (Å²) in [6.45, 7) is 3.52. The van der Waals surface area contributed by atoms with Gasteiger partial charge >= 0.3 is 0 Å². The Bertz CT molecular complexity index is 1020. The van der Waals surface area contributed by atoms with Crippen LogP contribution in [-0.2, 0) is 13.1 Å². The molecule has 0 fully saturated rings. The Hall–Kier alpha value is -3.32. The molecule has 0 N–H and O–H groups in total. The molecular weight excluding hydrogens is 448 g/mol. The third-order valence-electron chi connectivity index (χ3n) is 5.21. The van der Waals surface area contributed by atoms with E-state index in [4.69, 9.17) is 23.9 Å².